The van der Waals surface area contributed by atoms with Crippen LogP contribution in [0.5, 0.6) is 0 Å². The van der Waals surface area contributed by atoms with Crippen molar-refractivity contribution in [2.45, 2.75) is 52.1 Å². The third-order valence-corrected chi connectivity index (χ3v) is 4.33. The highest BCUT2D eigenvalue weighted by Gasteiger charge is 2.28. The fourth-order valence-electron chi connectivity index (χ4n) is 3.01. The molecular formula is C18H24N2O. The monoisotopic (exact) mass is 284 g/mol. The van der Waals surface area contributed by atoms with Crippen LogP contribution in [-0.4, -0.2) is 16.6 Å². The van der Waals surface area contributed by atoms with Crippen molar-refractivity contribution in [3.8, 4) is 0 Å². The molecule has 0 unspecified atom stereocenters. The lowest BCUT2D eigenvalue weighted by Gasteiger charge is -2.22. The van der Waals surface area contributed by atoms with E-state index in [0.717, 1.165) is 24.5 Å². The van der Waals surface area contributed by atoms with Crippen LogP contribution < -0.4 is 0 Å². The third-order valence-electron chi connectivity index (χ3n) is 4.33. The molecule has 21 heavy (non-hydrogen) atoms. The number of rotatable bonds is 4. The van der Waals surface area contributed by atoms with Crippen molar-refractivity contribution >= 4 is 0 Å². The molecule has 0 radical (unpaired) electrons. The Morgan fingerprint density at radius 2 is 2.05 bits per heavy atom. The van der Waals surface area contributed by atoms with Crippen LogP contribution in [0.1, 0.15) is 61.2 Å². The third kappa shape index (κ3) is 3.18. The van der Waals surface area contributed by atoms with Gasteiger partial charge in [0.1, 0.15) is 11.5 Å². The Kier molecular flexibility index (Phi) is 4.11. The van der Waals surface area contributed by atoms with E-state index < -0.39 is 0 Å². The average Bonchev–Trinajstić information content (AvgIpc) is 3.09. The van der Waals surface area contributed by atoms with Gasteiger partial charge in [0.05, 0.1) is 6.04 Å². The maximum Gasteiger partial charge on any atom is 0.139 e. The van der Waals surface area contributed by atoms with Gasteiger partial charge in [-0.05, 0) is 31.9 Å². The molecule has 0 saturated carbocycles. The second-order valence-electron chi connectivity index (χ2n) is 6.42. The molecule has 0 aliphatic carbocycles. The highest BCUT2D eigenvalue weighted by atomic mass is 16.5. The van der Waals surface area contributed by atoms with Crippen LogP contribution in [0.25, 0.3) is 0 Å². The van der Waals surface area contributed by atoms with E-state index in [0.29, 0.717) is 12.0 Å². The summed E-state index contributed by atoms with van der Waals surface area (Å²) in [6.07, 6.45) is 2.41. The predicted octanol–water partition coefficient (Wildman–Crippen LogP) is 4.44. The number of benzene rings is 1. The fourth-order valence-corrected chi connectivity index (χ4v) is 3.01. The van der Waals surface area contributed by atoms with Crippen molar-refractivity contribution < 1.29 is 4.52 Å². The lowest BCUT2D eigenvalue weighted by Crippen LogP contribution is -2.22. The van der Waals surface area contributed by atoms with Gasteiger partial charge < -0.3 is 4.52 Å². The van der Waals surface area contributed by atoms with Gasteiger partial charge in [-0.25, -0.2) is 0 Å². The van der Waals surface area contributed by atoms with Crippen molar-refractivity contribution in [3.63, 3.8) is 0 Å². The maximum atomic E-state index is 5.48. The smallest absolute Gasteiger partial charge is 0.139 e. The Hall–Kier alpha value is -1.61. The van der Waals surface area contributed by atoms with E-state index in [2.05, 4.69) is 61.2 Å². The summed E-state index contributed by atoms with van der Waals surface area (Å²) in [5, 5.41) is 4.31. The van der Waals surface area contributed by atoms with Crippen LogP contribution >= 0.6 is 0 Å². The Labute approximate surface area is 126 Å². The molecule has 0 bridgehead atoms. The zero-order valence-electron chi connectivity index (χ0n) is 13.2. The van der Waals surface area contributed by atoms with E-state index in [-0.39, 0.29) is 0 Å². The summed E-state index contributed by atoms with van der Waals surface area (Å²) in [5.41, 5.74) is 3.79. The van der Waals surface area contributed by atoms with Crippen LogP contribution in [0.4, 0.5) is 0 Å². The van der Waals surface area contributed by atoms with E-state index in [9.17, 15) is 0 Å². The predicted molar refractivity (Wildman–Crippen MR) is 84.2 cm³/mol. The van der Waals surface area contributed by atoms with Gasteiger partial charge in [0.25, 0.3) is 0 Å². The molecule has 0 N–H and O–H groups in total. The summed E-state index contributed by atoms with van der Waals surface area (Å²) in [6, 6.07) is 11.4. The average molecular weight is 284 g/mol. The Morgan fingerprint density at radius 1 is 1.29 bits per heavy atom. The largest absolute Gasteiger partial charge is 0.361 e. The van der Waals surface area contributed by atoms with Gasteiger partial charge in [0.15, 0.2) is 0 Å². The minimum atomic E-state index is 0.401. The maximum absolute atomic E-state index is 5.48. The number of likely N-dealkylation sites (tertiary alicyclic amines) is 1. The van der Waals surface area contributed by atoms with E-state index in [1.165, 1.54) is 24.0 Å². The molecule has 0 spiro atoms. The van der Waals surface area contributed by atoms with E-state index >= 15 is 0 Å². The number of nitrogens with zero attached hydrogens (tertiary/aromatic N) is 2. The molecule has 112 valence electrons. The van der Waals surface area contributed by atoms with E-state index in [1.807, 2.05) is 0 Å². The minimum absolute atomic E-state index is 0.401. The highest BCUT2D eigenvalue weighted by Crippen LogP contribution is 2.33. The lowest BCUT2D eigenvalue weighted by atomic mass is 10.1. The van der Waals surface area contributed by atoms with Gasteiger partial charge in [-0.15, -0.1) is 0 Å². The Morgan fingerprint density at radius 3 is 2.71 bits per heavy atom. The molecule has 3 heteroatoms. The zero-order valence-corrected chi connectivity index (χ0v) is 13.2. The summed E-state index contributed by atoms with van der Waals surface area (Å²) >= 11 is 0. The molecule has 1 saturated heterocycles. The standard InChI is InChI=1S/C18H24N2O/c1-13(2)18-11-16(19-21-18)17-5-4-10-20(17)12-15-8-6-14(3)7-9-15/h6-9,11,13,17H,4-5,10,12H2,1-3H3/t17-/m0/s1. The van der Waals surface area contributed by atoms with Crippen molar-refractivity contribution in [1.82, 2.24) is 10.1 Å². The highest BCUT2D eigenvalue weighted by molar-refractivity contribution is 5.22. The van der Waals surface area contributed by atoms with Crippen LogP contribution in [0, 0.1) is 6.92 Å². The summed E-state index contributed by atoms with van der Waals surface area (Å²) in [7, 11) is 0. The summed E-state index contributed by atoms with van der Waals surface area (Å²) < 4.78 is 5.48. The topological polar surface area (TPSA) is 29.3 Å². The quantitative estimate of drug-likeness (QED) is 0.831. The SMILES string of the molecule is Cc1ccc(CN2CCC[C@H]2c2cc(C(C)C)on2)cc1. The summed E-state index contributed by atoms with van der Waals surface area (Å²) in [6.45, 7) is 8.55. The first kappa shape index (κ1) is 14.3. The van der Waals surface area contributed by atoms with Crippen molar-refractivity contribution in [2.24, 2.45) is 0 Å². The summed E-state index contributed by atoms with van der Waals surface area (Å²) in [5.74, 6) is 1.39. The van der Waals surface area contributed by atoms with Crippen molar-refractivity contribution in [2.75, 3.05) is 6.54 Å². The van der Waals surface area contributed by atoms with Crippen molar-refractivity contribution in [1.29, 1.82) is 0 Å². The number of hydrogen-bond donors (Lipinski definition) is 0. The number of aryl methyl sites for hydroxylation is 1. The zero-order chi connectivity index (χ0) is 14.8. The Bertz CT molecular complexity index is 586. The molecule has 3 rings (SSSR count). The first-order valence-electron chi connectivity index (χ1n) is 7.89. The van der Waals surface area contributed by atoms with E-state index in [4.69, 9.17) is 4.52 Å². The van der Waals surface area contributed by atoms with Gasteiger partial charge in [-0.2, -0.15) is 0 Å². The van der Waals surface area contributed by atoms with Gasteiger partial charge in [0, 0.05) is 18.5 Å². The molecule has 2 aromatic rings. The molecule has 2 heterocycles. The second-order valence-corrected chi connectivity index (χ2v) is 6.42. The van der Waals surface area contributed by atoms with Crippen LogP contribution in [0.2, 0.25) is 0 Å². The number of aromatic nitrogens is 1. The molecule has 3 nitrogen and oxygen atoms in total. The lowest BCUT2D eigenvalue weighted by molar-refractivity contribution is 0.236. The fraction of sp³-hybridized carbons (Fsp3) is 0.500. The molecular weight excluding hydrogens is 260 g/mol. The van der Waals surface area contributed by atoms with Gasteiger partial charge in [-0.1, -0.05) is 48.8 Å². The molecule has 1 aliphatic rings. The Balaban J connectivity index is 1.74. The van der Waals surface area contributed by atoms with Crippen molar-refractivity contribution in [3.05, 3.63) is 52.9 Å². The molecule has 1 atom stereocenters. The number of hydrogen-bond acceptors (Lipinski definition) is 3. The van der Waals surface area contributed by atoms with Crippen LogP contribution in [-0.2, 0) is 6.54 Å². The minimum Gasteiger partial charge on any atom is -0.361 e. The second kappa shape index (κ2) is 6.02. The first-order valence-corrected chi connectivity index (χ1v) is 7.89. The molecule has 1 aromatic carbocycles. The molecule has 0 amide bonds. The molecule has 1 fully saturated rings. The molecule has 1 aliphatic heterocycles. The van der Waals surface area contributed by atoms with Gasteiger partial charge in [0.2, 0.25) is 0 Å². The first-order chi connectivity index (χ1) is 10.1. The molecule has 1 aromatic heterocycles. The van der Waals surface area contributed by atoms with Crippen LogP contribution in [0.15, 0.2) is 34.9 Å². The van der Waals surface area contributed by atoms with Gasteiger partial charge >= 0.3 is 0 Å². The van der Waals surface area contributed by atoms with E-state index in [1.54, 1.807) is 0 Å². The van der Waals surface area contributed by atoms with Gasteiger partial charge in [-0.3, -0.25) is 4.90 Å². The normalized spacial score (nSPS) is 19.5. The van der Waals surface area contributed by atoms with Crippen LogP contribution in [0.3, 0.4) is 0 Å². The summed E-state index contributed by atoms with van der Waals surface area (Å²) in [4.78, 5) is 2.52.